The molecule has 0 radical (unpaired) electrons. The predicted molar refractivity (Wildman–Crippen MR) is 67.2 cm³/mol. The topological polar surface area (TPSA) is 63.1 Å². The van der Waals surface area contributed by atoms with E-state index in [1.54, 1.807) is 0 Å². The minimum Gasteiger partial charge on any atom is -0.481 e. The van der Waals surface area contributed by atoms with Crippen molar-refractivity contribution < 1.29 is 14.3 Å². The summed E-state index contributed by atoms with van der Waals surface area (Å²) in [5, 5.41) is 9.24. The molecule has 0 saturated heterocycles. The predicted octanol–water partition coefficient (Wildman–Crippen LogP) is 2.34. The number of hydrogen-bond acceptors (Lipinski definition) is 3. The van der Waals surface area contributed by atoms with Gasteiger partial charge in [0.15, 0.2) is 5.82 Å². The smallest absolute Gasteiger partial charge is 0.314 e. The second-order valence-corrected chi connectivity index (χ2v) is 4.34. The summed E-state index contributed by atoms with van der Waals surface area (Å²) in [7, 11) is 0. The number of rotatable bonds is 4. The standard InChI is InChI=1S/C14H13FN2O2/c1-9-2-4-10(5-3-9)6-12(14(18)19)13-16-7-11(15)8-17-13/h2-5,7-8,12H,6H2,1H3,(H,18,19). The van der Waals surface area contributed by atoms with Gasteiger partial charge in [-0.2, -0.15) is 0 Å². The molecule has 2 rings (SSSR count). The zero-order valence-corrected chi connectivity index (χ0v) is 10.4. The summed E-state index contributed by atoms with van der Waals surface area (Å²) in [6.45, 7) is 1.96. The Hall–Kier alpha value is -2.30. The summed E-state index contributed by atoms with van der Waals surface area (Å²) in [4.78, 5) is 18.8. The third-order valence-corrected chi connectivity index (χ3v) is 2.81. The molecule has 1 heterocycles. The molecule has 1 aromatic heterocycles. The number of carbonyl (C=O) groups is 1. The average Bonchev–Trinajstić information content (AvgIpc) is 2.39. The van der Waals surface area contributed by atoms with Crippen LogP contribution in [-0.2, 0) is 11.2 Å². The highest BCUT2D eigenvalue weighted by Crippen LogP contribution is 2.18. The Bertz CT molecular complexity index is 567. The van der Waals surface area contributed by atoms with Gasteiger partial charge < -0.3 is 5.11 Å². The average molecular weight is 260 g/mol. The fourth-order valence-electron chi connectivity index (χ4n) is 1.75. The van der Waals surface area contributed by atoms with Crippen LogP contribution in [0.3, 0.4) is 0 Å². The lowest BCUT2D eigenvalue weighted by Gasteiger charge is -2.11. The van der Waals surface area contributed by atoms with Crippen molar-refractivity contribution in [3.05, 3.63) is 59.4 Å². The molecule has 19 heavy (non-hydrogen) atoms. The normalized spacial score (nSPS) is 12.1. The number of nitrogens with zero attached hydrogens (tertiary/aromatic N) is 2. The monoisotopic (exact) mass is 260 g/mol. The van der Waals surface area contributed by atoms with Gasteiger partial charge in [-0.25, -0.2) is 14.4 Å². The van der Waals surface area contributed by atoms with E-state index in [0.717, 1.165) is 23.5 Å². The third kappa shape index (κ3) is 3.34. The van der Waals surface area contributed by atoms with Crippen molar-refractivity contribution >= 4 is 5.97 Å². The molecular formula is C14H13FN2O2. The van der Waals surface area contributed by atoms with Crippen molar-refractivity contribution in [3.8, 4) is 0 Å². The molecule has 4 nitrogen and oxygen atoms in total. The van der Waals surface area contributed by atoms with Crippen LogP contribution in [0.5, 0.6) is 0 Å². The van der Waals surface area contributed by atoms with Gasteiger partial charge in [-0.3, -0.25) is 4.79 Å². The molecule has 0 aliphatic heterocycles. The van der Waals surface area contributed by atoms with Crippen molar-refractivity contribution in [2.75, 3.05) is 0 Å². The van der Waals surface area contributed by atoms with Gasteiger partial charge in [0.05, 0.1) is 12.4 Å². The fourth-order valence-corrected chi connectivity index (χ4v) is 1.75. The van der Waals surface area contributed by atoms with E-state index >= 15 is 0 Å². The molecule has 98 valence electrons. The van der Waals surface area contributed by atoms with E-state index in [4.69, 9.17) is 0 Å². The number of carboxylic acids is 1. The van der Waals surface area contributed by atoms with Crippen LogP contribution in [0.2, 0.25) is 0 Å². The van der Waals surface area contributed by atoms with E-state index in [-0.39, 0.29) is 12.2 Å². The van der Waals surface area contributed by atoms with Gasteiger partial charge >= 0.3 is 5.97 Å². The SMILES string of the molecule is Cc1ccc(CC(C(=O)O)c2ncc(F)cn2)cc1. The summed E-state index contributed by atoms with van der Waals surface area (Å²) in [5.74, 6) is -2.35. The first-order valence-corrected chi connectivity index (χ1v) is 5.82. The maximum absolute atomic E-state index is 12.8. The number of aromatic nitrogens is 2. The van der Waals surface area contributed by atoms with Gasteiger partial charge in [-0.1, -0.05) is 29.8 Å². The minimum atomic E-state index is -1.02. The van der Waals surface area contributed by atoms with E-state index in [2.05, 4.69) is 9.97 Å². The highest BCUT2D eigenvalue weighted by molar-refractivity contribution is 5.75. The number of halogens is 1. The molecular weight excluding hydrogens is 247 g/mol. The van der Waals surface area contributed by atoms with Crippen LogP contribution in [0.25, 0.3) is 0 Å². The maximum Gasteiger partial charge on any atom is 0.314 e. The second kappa shape index (κ2) is 5.56. The van der Waals surface area contributed by atoms with Crippen molar-refractivity contribution in [2.45, 2.75) is 19.3 Å². The molecule has 0 aliphatic rings. The zero-order valence-electron chi connectivity index (χ0n) is 10.4. The van der Waals surface area contributed by atoms with Crippen LogP contribution in [0.1, 0.15) is 22.9 Å². The number of hydrogen-bond donors (Lipinski definition) is 1. The number of benzene rings is 1. The summed E-state index contributed by atoms with van der Waals surface area (Å²) in [6.07, 6.45) is 2.24. The van der Waals surface area contributed by atoms with Gasteiger partial charge in [-0.15, -0.1) is 0 Å². The molecule has 1 aromatic carbocycles. The van der Waals surface area contributed by atoms with E-state index in [1.807, 2.05) is 31.2 Å². The first-order valence-electron chi connectivity index (χ1n) is 5.82. The molecule has 0 aliphatic carbocycles. The van der Waals surface area contributed by atoms with E-state index in [1.165, 1.54) is 0 Å². The van der Waals surface area contributed by atoms with Crippen LogP contribution < -0.4 is 0 Å². The van der Waals surface area contributed by atoms with Crippen LogP contribution in [0, 0.1) is 12.7 Å². The van der Waals surface area contributed by atoms with E-state index < -0.39 is 17.7 Å². The van der Waals surface area contributed by atoms with Crippen molar-refractivity contribution in [3.63, 3.8) is 0 Å². The van der Waals surface area contributed by atoms with Gasteiger partial charge in [0.1, 0.15) is 11.7 Å². The molecule has 5 heteroatoms. The quantitative estimate of drug-likeness (QED) is 0.916. The summed E-state index contributed by atoms with van der Waals surface area (Å²) >= 11 is 0. The Labute approximate surface area is 110 Å². The highest BCUT2D eigenvalue weighted by Gasteiger charge is 2.23. The van der Waals surface area contributed by atoms with Crippen LogP contribution in [-0.4, -0.2) is 21.0 Å². The summed E-state index contributed by atoms with van der Waals surface area (Å²) in [5.41, 5.74) is 1.99. The molecule has 0 spiro atoms. The fraction of sp³-hybridized carbons (Fsp3) is 0.214. The summed E-state index contributed by atoms with van der Waals surface area (Å²) in [6, 6.07) is 7.57. The Morgan fingerprint density at radius 2 is 1.84 bits per heavy atom. The Kier molecular flexibility index (Phi) is 3.85. The molecule has 1 N–H and O–H groups in total. The minimum absolute atomic E-state index is 0.120. The molecule has 1 unspecified atom stereocenters. The lowest BCUT2D eigenvalue weighted by atomic mass is 9.98. The van der Waals surface area contributed by atoms with Crippen molar-refractivity contribution in [1.82, 2.24) is 9.97 Å². The maximum atomic E-state index is 12.8. The van der Waals surface area contributed by atoms with Crippen molar-refractivity contribution in [2.24, 2.45) is 0 Å². The Balaban J connectivity index is 2.23. The van der Waals surface area contributed by atoms with E-state index in [0.29, 0.717) is 0 Å². The summed E-state index contributed by atoms with van der Waals surface area (Å²) < 4.78 is 12.8. The van der Waals surface area contributed by atoms with Crippen LogP contribution in [0.15, 0.2) is 36.7 Å². The van der Waals surface area contributed by atoms with Gasteiger partial charge in [0.2, 0.25) is 0 Å². The first-order chi connectivity index (χ1) is 9.06. The van der Waals surface area contributed by atoms with Gasteiger partial charge in [0.25, 0.3) is 0 Å². The van der Waals surface area contributed by atoms with Gasteiger partial charge in [0, 0.05) is 0 Å². The lowest BCUT2D eigenvalue weighted by molar-refractivity contribution is -0.139. The molecule has 1 atom stereocenters. The Morgan fingerprint density at radius 3 is 2.37 bits per heavy atom. The van der Waals surface area contributed by atoms with Crippen LogP contribution >= 0.6 is 0 Å². The largest absolute Gasteiger partial charge is 0.481 e. The molecule has 0 fully saturated rings. The zero-order chi connectivity index (χ0) is 13.8. The van der Waals surface area contributed by atoms with Gasteiger partial charge in [-0.05, 0) is 18.9 Å². The van der Waals surface area contributed by atoms with Crippen LogP contribution in [0.4, 0.5) is 4.39 Å². The second-order valence-electron chi connectivity index (χ2n) is 4.34. The lowest BCUT2D eigenvalue weighted by Crippen LogP contribution is -2.17. The molecule has 0 amide bonds. The number of carboxylic acid groups (broad SMARTS) is 1. The third-order valence-electron chi connectivity index (χ3n) is 2.81. The molecule has 2 aromatic rings. The number of aryl methyl sites for hydroxylation is 1. The molecule has 0 saturated carbocycles. The van der Waals surface area contributed by atoms with E-state index in [9.17, 15) is 14.3 Å². The molecule has 0 bridgehead atoms. The number of aliphatic carboxylic acids is 1. The van der Waals surface area contributed by atoms with Crippen molar-refractivity contribution in [1.29, 1.82) is 0 Å². The first kappa shape index (κ1) is 13.1. The highest BCUT2D eigenvalue weighted by atomic mass is 19.1. The Morgan fingerprint density at radius 1 is 1.26 bits per heavy atom.